The van der Waals surface area contributed by atoms with E-state index in [2.05, 4.69) is 10.1 Å². The van der Waals surface area contributed by atoms with Crippen LogP contribution in [0.3, 0.4) is 0 Å². The molecule has 0 saturated carbocycles. The second kappa shape index (κ2) is 8.19. The normalized spacial score (nSPS) is 17.9. The lowest BCUT2D eigenvalue weighted by Crippen LogP contribution is -2.46. The molecule has 1 aliphatic heterocycles. The molecule has 1 unspecified atom stereocenters. The van der Waals surface area contributed by atoms with Gasteiger partial charge in [0.25, 0.3) is 5.91 Å². The highest BCUT2D eigenvalue weighted by Gasteiger charge is 2.32. The zero-order chi connectivity index (χ0) is 18.4. The maximum Gasteiger partial charge on any atom is 0.573 e. The summed E-state index contributed by atoms with van der Waals surface area (Å²) in [5.74, 6) is -1.40. The van der Waals surface area contributed by atoms with Crippen molar-refractivity contribution in [3.63, 3.8) is 0 Å². The predicted molar refractivity (Wildman–Crippen MR) is 83.8 cm³/mol. The Kier molecular flexibility index (Phi) is 6.24. The number of hydrogen-bond acceptors (Lipinski definition) is 4. The molecule has 1 heterocycles. The summed E-state index contributed by atoms with van der Waals surface area (Å²) in [6.07, 6.45) is -3.53. The number of piperidine rings is 1. The number of carbonyl (C=O) groups is 2. The summed E-state index contributed by atoms with van der Waals surface area (Å²) in [4.78, 5) is 26.0. The lowest BCUT2D eigenvalue weighted by molar-refractivity contribution is -0.274. The molecule has 0 spiro atoms. The highest BCUT2D eigenvalue weighted by atomic mass is 19.4. The van der Waals surface area contributed by atoms with E-state index in [9.17, 15) is 22.8 Å². The fourth-order valence-electron chi connectivity index (χ4n) is 2.72. The molecule has 1 aromatic carbocycles. The highest BCUT2D eigenvalue weighted by Crippen LogP contribution is 2.25. The maximum absolute atomic E-state index is 12.5. The van der Waals surface area contributed by atoms with E-state index in [1.54, 1.807) is 0 Å². The van der Waals surface area contributed by atoms with E-state index in [4.69, 9.17) is 5.73 Å². The number of halogens is 3. The van der Waals surface area contributed by atoms with Crippen LogP contribution in [-0.4, -0.2) is 49.3 Å². The van der Waals surface area contributed by atoms with Gasteiger partial charge in [0, 0.05) is 31.7 Å². The molecule has 9 heteroatoms. The van der Waals surface area contributed by atoms with E-state index in [-0.39, 0.29) is 23.9 Å². The van der Waals surface area contributed by atoms with Gasteiger partial charge in [-0.3, -0.25) is 9.59 Å². The number of amides is 2. The van der Waals surface area contributed by atoms with Crippen molar-refractivity contribution in [3.8, 4) is 5.75 Å². The van der Waals surface area contributed by atoms with Crippen LogP contribution in [0.4, 0.5) is 13.2 Å². The molecule has 1 atom stereocenters. The van der Waals surface area contributed by atoms with Crippen molar-refractivity contribution in [2.45, 2.75) is 19.2 Å². The number of nitrogens with one attached hydrogen (secondary N) is 1. The summed E-state index contributed by atoms with van der Waals surface area (Å²) in [6.45, 7) is 1.36. The summed E-state index contributed by atoms with van der Waals surface area (Å²) in [5, 5.41) is 2.69. The summed E-state index contributed by atoms with van der Waals surface area (Å²) in [6, 6.07) is 4.92. The fourth-order valence-corrected chi connectivity index (χ4v) is 2.72. The van der Waals surface area contributed by atoms with Gasteiger partial charge in [-0.2, -0.15) is 0 Å². The molecule has 138 valence electrons. The van der Waals surface area contributed by atoms with E-state index in [1.165, 1.54) is 17.0 Å². The molecule has 0 radical (unpaired) electrons. The number of rotatable bonds is 5. The number of benzene rings is 1. The summed E-state index contributed by atoms with van der Waals surface area (Å²) in [7, 11) is 0. The topological polar surface area (TPSA) is 84.7 Å². The van der Waals surface area contributed by atoms with Gasteiger partial charge < -0.3 is 20.7 Å². The smallest absolute Gasteiger partial charge is 0.406 e. The molecule has 3 N–H and O–H groups in total. The first-order chi connectivity index (χ1) is 11.8. The summed E-state index contributed by atoms with van der Waals surface area (Å²) < 4.78 is 40.7. The molecule has 1 aromatic rings. The van der Waals surface area contributed by atoms with Crippen molar-refractivity contribution in [1.29, 1.82) is 0 Å². The fraction of sp³-hybridized carbons (Fsp3) is 0.500. The zero-order valence-corrected chi connectivity index (χ0v) is 13.5. The van der Waals surface area contributed by atoms with Crippen LogP contribution >= 0.6 is 0 Å². The first-order valence-electron chi connectivity index (χ1n) is 7.93. The van der Waals surface area contributed by atoms with Gasteiger partial charge in [0.1, 0.15) is 5.75 Å². The number of hydrogen-bond donors (Lipinski definition) is 2. The molecule has 1 saturated heterocycles. The van der Waals surface area contributed by atoms with Crippen LogP contribution < -0.4 is 15.8 Å². The second-order valence-electron chi connectivity index (χ2n) is 5.75. The Morgan fingerprint density at radius 2 is 2.12 bits per heavy atom. The van der Waals surface area contributed by atoms with E-state index < -0.39 is 18.0 Å². The predicted octanol–water partition coefficient (Wildman–Crippen LogP) is 1.51. The quantitative estimate of drug-likeness (QED) is 0.835. The highest BCUT2D eigenvalue weighted by molar-refractivity contribution is 5.95. The second-order valence-corrected chi connectivity index (χ2v) is 5.75. The lowest BCUT2D eigenvalue weighted by atomic mass is 9.96. The van der Waals surface area contributed by atoms with Gasteiger partial charge in [0.05, 0.1) is 5.92 Å². The van der Waals surface area contributed by atoms with Crippen LogP contribution in [0, 0.1) is 5.92 Å². The van der Waals surface area contributed by atoms with Gasteiger partial charge in [-0.1, -0.05) is 6.07 Å². The van der Waals surface area contributed by atoms with Crippen LogP contribution in [0.1, 0.15) is 23.2 Å². The number of alkyl halides is 3. The summed E-state index contributed by atoms with van der Waals surface area (Å²) in [5.41, 5.74) is 5.43. The third-order valence-electron chi connectivity index (χ3n) is 3.84. The van der Waals surface area contributed by atoms with Crippen molar-refractivity contribution in [2.24, 2.45) is 11.7 Å². The maximum atomic E-state index is 12.5. The van der Waals surface area contributed by atoms with Crippen molar-refractivity contribution < 1.29 is 27.5 Å². The molecule has 6 nitrogen and oxygen atoms in total. The minimum atomic E-state index is -4.82. The molecule has 1 aliphatic rings. The Balaban J connectivity index is 2.04. The summed E-state index contributed by atoms with van der Waals surface area (Å²) >= 11 is 0. The minimum absolute atomic E-state index is 0.0877. The Hall–Kier alpha value is -2.29. The molecule has 0 bridgehead atoms. The van der Waals surface area contributed by atoms with Gasteiger partial charge in [-0.25, -0.2) is 0 Å². The SMILES string of the molecule is NCCNC(=O)C1CCCN(C(=O)c2cccc(OC(F)(F)F)c2)C1. The molecular formula is C16H20F3N3O3. The van der Waals surface area contributed by atoms with Gasteiger partial charge in [-0.15, -0.1) is 13.2 Å². The van der Waals surface area contributed by atoms with Crippen LogP contribution in [0.2, 0.25) is 0 Å². The molecule has 0 aliphatic carbocycles. The van der Waals surface area contributed by atoms with Gasteiger partial charge in [0.2, 0.25) is 5.91 Å². The molecule has 25 heavy (non-hydrogen) atoms. The van der Waals surface area contributed by atoms with Gasteiger partial charge in [-0.05, 0) is 31.0 Å². The van der Waals surface area contributed by atoms with Crippen molar-refractivity contribution in [3.05, 3.63) is 29.8 Å². The van der Waals surface area contributed by atoms with Crippen LogP contribution in [-0.2, 0) is 4.79 Å². The average molecular weight is 359 g/mol. The van der Waals surface area contributed by atoms with Crippen LogP contribution in [0.5, 0.6) is 5.75 Å². The first-order valence-corrected chi connectivity index (χ1v) is 7.93. The number of nitrogens with two attached hydrogens (primary N) is 1. The Morgan fingerprint density at radius 1 is 1.36 bits per heavy atom. The van der Waals surface area contributed by atoms with E-state index in [1.807, 2.05) is 0 Å². The molecule has 0 aromatic heterocycles. The Labute approximate surface area is 143 Å². The lowest BCUT2D eigenvalue weighted by Gasteiger charge is -2.32. The number of nitrogens with zero attached hydrogens (tertiary/aromatic N) is 1. The Morgan fingerprint density at radius 3 is 2.80 bits per heavy atom. The molecule has 1 fully saturated rings. The standard InChI is InChI=1S/C16H20F3N3O3/c17-16(18,19)25-13-5-1-3-11(9-13)15(24)22-8-2-4-12(10-22)14(23)21-7-6-20/h1,3,5,9,12H,2,4,6-8,10,20H2,(H,21,23). The van der Waals surface area contributed by atoms with Crippen molar-refractivity contribution in [1.82, 2.24) is 10.2 Å². The van der Waals surface area contributed by atoms with E-state index in [0.29, 0.717) is 32.5 Å². The van der Waals surface area contributed by atoms with Crippen molar-refractivity contribution in [2.75, 3.05) is 26.2 Å². The number of likely N-dealkylation sites (tertiary alicyclic amines) is 1. The minimum Gasteiger partial charge on any atom is -0.406 e. The largest absolute Gasteiger partial charge is 0.573 e. The third kappa shape index (κ3) is 5.63. The number of ether oxygens (including phenoxy) is 1. The molecule has 2 rings (SSSR count). The third-order valence-corrected chi connectivity index (χ3v) is 3.84. The molecule has 2 amide bonds. The molecular weight excluding hydrogens is 339 g/mol. The van der Waals surface area contributed by atoms with Gasteiger partial charge in [0.15, 0.2) is 0 Å². The van der Waals surface area contributed by atoms with Crippen LogP contribution in [0.15, 0.2) is 24.3 Å². The van der Waals surface area contributed by atoms with E-state index >= 15 is 0 Å². The number of carbonyl (C=O) groups excluding carboxylic acids is 2. The van der Waals surface area contributed by atoms with Crippen LogP contribution in [0.25, 0.3) is 0 Å². The van der Waals surface area contributed by atoms with Crippen molar-refractivity contribution >= 4 is 11.8 Å². The Bertz CT molecular complexity index is 622. The zero-order valence-electron chi connectivity index (χ0n) is 13.5. The van der Waals surface area contributed by atoms with E-state index in [0.717, 1.165) is 12.1 Å². The first kappa shape index (κ1) is 19.0. The average Bonchev–Trinajstić information content (AvgIpc) is 2.58. The van der Waals surface area contributed by atoms with Gasteiger partial charge >= 0.3 is 6.36 Å². The monoisotopic (exact) mass is 359 g/mol.